The second kappa shape index (κ2) is 7.65. The quantitative estimate of drug-likeness (QED) is 0.757. The third kappa shape index (κ3) is 4.00. The number of amides is 2. The minimum atomic E-state index is -4.23. The zero-order chi connectivity index (χ0) is 19.6. The van der Waals surface area contributed by atoms with Gasteiger partial charge in [-0.05, 0) is 25.1 Å². The summed E-state index contributed by atoms with van der Waals surface area (Å²) in [6, 6.07) is 4.66. The molecule has 0 unspecified atom stereocenters. The Labute approximate surface area is 161 Å². The molecule has 1 heterocycles. The molecule has 0 aliphatic heterocycles. The Bertz CT molecular complexity index is 953. The molecule has 1 aromatic carbocycles. The number of aromatic nitrogens is 2. The summed E-state index contributed by atoms with van der Waals surface area (Å²) >= 11 is 11.8. The van der Waals surface area contributed by atoms with E-state index >= 15 is 0 Å². The Kier molecular flexibility index (Phi) is 5.94. The first-order chi connectivity index (χ1) is 12.1. The van der Waals surface area contributed by atoms with Crippen LogP contribution in [0.5, 0.6) is 5.88 Å². The van der Waals surface area contributed by atoms with Crippen LogP contribution in [-0.2, 0) is 10.0 Å². The van der Waals surface area contributed by atoms with Crippen LogP contribution in [-0.4, -0.2) is 49.9 Å². The predicted octanol–water partition coefficient (Wildman–Crippen LogP) is 2.98. The van der Waals surface area contributed by atoms with Crippen molar-refractivity contribution in [2.24, 2.45) is 0 Å². The first-order valence-electron chi connectivity index (χ1n) is 7.19. The number of benzene rings is 1. The molecule has 8 nitrogen and oxygen atoms in total. The summed E-state index contributed by atoms with van der Waals surface area (Å²) in [6.45, 7) is 1.69. The molecule has 11 heteroatoms. The van der Waals surface area contributed by atoms with E-state index in [1.165, 1.54) is 32.4 Å². The van der Waals surface area contributed by atoms with Crippen molar-refractivity contribution in [2.45, 2.75) is 11.8 Å². The van der Waals surface area contributed by atoms with Crippen LogP contribution in [0, 0.1) is 6.92 Å². The second-order valence-corrected chi connectivity index (χ2v) is 8.02. The maximum Gasteiger partial charge on any atom is 0.340 e. The van der Waals surface area contributed by atoms with Gasteiger partial charge in [0.05, 0.1) is 12.1 Å². The van der Waals surface area contributed by atoms with Crippen molar-refractivity contribution in [3.8, 4) is 5.88 Å². The van der Waals surface area contributed by atoms with E-state index in [0.29, 0.717) is 10.00 Å². The zero-order valence-electron chi connectivity index (χ0n) is 14.4. The topological polar surface area (TPSA) is 92.7 Å². The van der Waals surface area contributed by atoms with Crippen LogP contribution in [0.2, 0.25) is 10.0 Å². The van der Waals surface area contributed by atoms with Crippen molar-refractivity contribution in [3.05, 3.63) is 40.0 Å². The lowest BCUT2D eigenvalue weighted by molar-refractivity contribution is 0.235. The standard InChI is InChI=1S/C15H16Cl2N4O4S/c1-9-7-13(25-4)19-14(18-9)20(2)15(22)21(3)26(23,24)12-8-10(16)5-6-11(12)17/h5-8H,1-4H3. The van der Waals surface area contributed by atoms with Crippen molar-refractivity contribution in [1.29, 1.82) is 0 Å². The van der Waals surface area contributed by atoms with E-state index in [1.807, 2.05) is 0 Å². The van der Waals surface area contributed by atoms with Gasteiger partial charge in [0.25, 0.3) is 10.0 Å². The molecule has 0 atom stereocenters. The number of nitrogens with zero attached hydrogens (tertiary/aromatic N) is 4. The van der Waals surface area contributed by atoms with Crippen LogP contribution in [0.25, 0.3) is 0 Å². The number of carbonyl (C=O) groups excluding carboxylic acids is 1. The number of carbonyl (C=O) groups is 1. The number of hydrogen-bond donors (Lipinski definition) is 0. The van der Waals surface area contributed by atoms with Gasteiger partial charge in [-0.3, -0.25) is 4.90 Å². The molecule has 1 aromatic heterocycles. The van der Waals surface area contributed by atoms with Gasteiger partial charge in [-0.15, -0.1) is 0 Å². The normalized spacial score (nSPS) is 11.2. The maximum atomic E-state index is 12.7. The number of aryl methyl sites for hydroxylation is 1. The van der Waals surface area contributed by atoms with E-state index in [1.54, 1.807) is 13.0 Å². The van der Waals surface area contributed by atoms with Gasteiger partial charge in [-0.25, -0.2) is 22.5 Å². The van der Waals surface area contributed by atoms with E-state index in [9.17, 15) is 13.2 Å². The molecular formula is C15H16Cl2N4O4S. The number of ether oxygens (including phenoxy) is 1. The van der Waals surface area contributed by atoms with Crippen molar-refractivity contribution in [1.82, 2.24) is 14.3 Å². The Balaban J connectivity index is 2.39. The Morgan fingerprint density at radius 1 is 1.15 bits per heavy atom. The van der Waals surface area contributed by atoms with Crippen LogP contribution in [0.15, 0.2) is 29.2 Å². The van der Waals surface area contributed by atoms with Crippen molar-refractivity contribution < 1.29 is 17.9 Å². The minimum absolute atomic E-state index is 0.00825. The van der Waals surface area contributed by atoms with Gasteiger partial charge in [0.1, 0.15) is 4.90 Å². The summed E-state index contributed by atoms with van der Waals surface area (Å²) in [5.74, 6) is 0.238. The fourth-order valence-corrected chi connectivity index (χ4v) is 3.86. The largest absolute Gasteiger partial charge is 0.481 e. The third-order valence-electron chi connectivity index (χ3n) is 3.42. The Hall–Kier alpha value is -2.10. The summed E-state index contributed by atoms with van der Waals surface area (Å²) in [7, 11) is -0.351. The molecule has 0 bridgehead atoms. The van der Waals surface area contributed by atoms with E-state index < -0.39 is 16.1 Å². The molecule has 0 aliphatic rings. The fraction of sp³-hybridized carbons (Fsp3) is 0.267. The lowest BCUT2D eigenvalue weighted by atomic mass is 10.4. The number of rotatable bonds is 4. The second-order valence-electron chi connectivity index (χ2n) is 5.24. The Morgan fingerprint density at radius 3 is 2.42 bits per heavy atom. The zero-order valence-corrected chi connectivity index (χ0v) is 16.7. The molecule has 0 saturated heterocycles. The van der Waals surface area contributed by atoms with Gasteiger partial charge in [0.15, 0.2) is 0 Å². The van der Waals surface area contributed by atoms with Gasteiger partial charge in [-0.1, -0.05) is 23.2 Å². The van der Waals surface area contributed by atoms with E-state index in [0.717, 1.165) is 11.9 Å². The van der Waals surface area contributed by atoms with Gasteiger partial charge < -0.3 is 4.74 Å². The lowest BCUT2D eigenvalue weighted by Crippen LogP contribution is -2.43. The molecule has 0 spiro atoms. The van der Waals surface area contributed by atoms with E-state index in [4.69, 9.17) is 27.9 Å². The molecule has 2 aromatic rings. The molecule has 26 heavy (non-hydrogen) atoms. The summed E-state index contributed by atoms with van der Waals surface area (Å²) in [6.07, 6.45) is 0. The summed E-state index contributed by atoms with van der Waals surface area (Å²) in [5.41, 5.74) is 0.551. The van der Waals surface area contributed by atoms with Crippen LogP contribution in [0.1, 0.15) is 5.69 Å². The molecule has 0 aliphatic carbocycles. The highest BCUT2D eigenvalue weighted by atomic mass is 35.5. The van der Waals surface area contributed by atoms with Crippen LogP contribution < -0.4 is 9.64 Å². The summed E-state index contributed by atoms with van der Waals surface area (Å²) < 4.78 is 31.1. The number of anilines is 1. The van der Waals surface area contributed by atoms with Gasteiger partial charge in [0, 0.05) is 30.9 Å². The number of halogens is 2. The van der Waals surface area contributed by atoms with Gasteiger partial charge in [-0.2, -0.15) is 4.98 Å². The van der Waals surface area contributed by atoms with Crippen LogP contribution in [0.4, 0.5) is 10.7 Å². The maximum absolute atomic E-state index is 12.7. The average molecular weight is 419 g/mol. The molecule has 2 amide bonds. The van der Waals surface area contributed by atoms with Crippen molar-refractivity contribution in [2.75, 3.05) is 26.1 Å². The first-order valence-corrected chi connectivity index (χ1v) is 9.39. The average Bonchev–Trinajstić information content (AvgIpc) is 2.60. The highest BCUT2D eigenvalue weighted by Gasteiger charge is 2.31. The number of urea groups is 1. The minimum Gasteiger partial charge on any atom is -0.481 e. The van der Waals surface area contributed by atoms with Crippen LogP contribution >= 0.6 is 23.2 Å². The highest BCUT2D eigenvalue weighted by Crippen LogP contribution is 2.28. The number of sulfonamides is 1. The van der Waals surface area contributed by atoms with Gasteiger partial charge >= 0.3 is 6.03 Å². The Morgan fingerprint density at radius 2 is 1.81 bits per heavy atom. The van der Waals surface area contributed by atoms with E-state index in [2.05, 4.69) is 9.97 Å². The molecule has 140 valence electrons. The smallest absolute Gasteiger partial charge is 0.340 e. The van der Waals surface area contributed by atoms with Crippen molar-refractivity contribution in [3.63, 3.8) is 0 Å². The molecular weight excluding hydrogens is 403 g/mol. The first kappa shape index (κ1) is 20.2. The summed E-state index contributed by atoms with van der Waals surface area (Å²) in [4.78, 5) is 21.5. The van der Waals surface area contributed by atoms with E-state index in [-0.39, 0.29) is 26.8 Å². The van der Waals surface area contributed by atoms with Crippen LogP contribution in [0.3, 0.4) is 0 Å². The molecule has 2 rings (SSSR count). The summed E-state index contributed by atoms with van der Waals surface area (Å²) in [5, 5.41) is 0.124. The molecule has 0 saturated carbocycles. The highest BCUT2D eigenvalue weighted by molar-refractivity contribution is 7.89. The SMILES string of the molecule is COc1cc(C)nc(N(C)C(=O)N(C)S(=O)(=O)c2cc(Cl)ccc2Cl)n1. The molecule has 0 N–H and O–H groups in total. The fourth-order valence-electron chi connectivity index (χ4n) is 2.00. The number of hydrogen-bond acceptors (Lipinski definition) is 6. The van der Waals surface area contributed by atoms with Crippen molar-refractivity contribution >= 4 is 45.2 Å². The predicted molar refractivity (Wildman–Crippen MR) is 98.5 cm³/mol. The third-order valence-corrected chi connectivity index (χ3v) is 5.86. The molecule has 0 radical (unpaired) electrons. The monoisotopic (exact) mass is 418 g/mol. The molecule has 0 fully saturated rings. The van der Waals surface area contributed by atoms with Gasteiger partial charge in [0.2, 0.25) is 11.8 Å². The number of methoxy groups -OCH3 is 1. The lowest BCUT2D eigenvalue weighted by Gasteiger charge is -2.24.